The van der Waals surface area contributed by atoms with Gasteiger partial charge in [0.25, 0.3) is 0 Å². The molecule has 0 amide bonds. The third kappa shape index (κ3) is 4.10. The van der Waals surface area contributed by atoms with Crippen LogP contribution in [-0.4, -0.2) is 18.1 Å². The molecule has 0 unspecified atom stereocenters. The third-order valence-corrected chi connectivity index (χ3v) is 2.91. The number of hydrogen-bond donors (Lipinski definition) is 1. The highest BCUT2D eigenvalue weighted by Crippen LogP contribution is 2.16. The second-order valence-electron chi connectivity index (χ2n) is 4.98. The Balaban J connectivity index is 2.01. The maximum Gasteiger partial charge on any atom is 0.123 e. The van der Waals surface area contributed by atoms with Crippen LogP contribution in [-0.2, 0) is 13.1 Å². The fourth-order valence-corrected chi connectivity index (χ4v) is 1.84. The minimum absolute atomic E-state index is 0.464. The lowest BCUT2D eigenvalue weighted by Gasteiger charge is -2.18. The minimum atomic E-state index is 0.464. The number of hydrogen-bond acceptors (Lipinski definition) is 4. The molecule has 0 spiro atoms. The Kier molecular flexibility index (Phi) is 4.58. The first-order valence-electron chi connectivity index (χ1n) is 6.57. The number of pyridine rings is 1. The molecule has 2 aromatic heterocycles. The molecule has 2 heterocycles. The molecule has 0 saturated carbocycles. The summed E-state index contributed by atoms with van der Waals surface area (Å²) in [6.07, 6.45) is 3.55. The number of rotatable bonds is 6. The summed E-state index contributed by atoms with van der Waals surface area (Å²) in [7, 11) is 2.05. The van der Waals surface area contributed by atoms with Crippen molar-refractivity contribution in [3.05, 3.63) is 48.2 Å². The Labute approximate surface area is 114 Å². The topological polar surface area (TPSA) is 41.3 Å². The summed E-state index contributed by atoms with van der Waals surface area (Å²) in [6, 6.07) is 8.48. The molecule has 0 aliphatic carbocycles. The molecular formula is C15H21N3O. The van der Waals surface area contributed by atoms with Crippen molar-refractivity contribution in [2.24, 2.45) is 0 Å². The van der Waals surface area contributed by atoms with E-state index in [0.717, 1.165) is 30.2 Å². The van der Waals surface area contributed by atoms with Gasteiger partial charge in [0.05, 0.1) is 18.5 Å². The summed E-state index contributed by atoms with van der Waals surface area (Å²) in [5.41, 5.74) is 2.20. The van der Waals surface area contributed by atoms with Gasteiger partial charge < -0.3 is 14.6 Å². The Hall–Kier alpha value is -1.81. The quantitative estimate of drug-likeness (QED) is 0.866. The molecule has 102 valence electrons. The Morgan fingerprint density at radius 3 is 2.89 bits per heavy atom. The fraction of sp³-hybridized carbons (Fsp3) is 0.400. The number of anilines is 1. The molecule has 0 fully saturated rings. The van der Waals surface area contributed by atoms with Crippen molar-refractivity contribution >= 4 is 5.69 Å². The lowest BCUT2D eigenvalue weighted by molar-refractivity contribution is 0.507. The molecule has 19 heavy (non-hydrogen) atoms. The molecule has 0 saturated heterocycles. The molecule has 0 bridgehead atoms. The number of aromatic nitrogens is 1. The Morgan fingerprint density at radius 2 is 2.21 bits per heavy atom. The van der Waals surface area contributed by atoms with Gasteiger partial charge >= 0.3 is 0 Å². The average molecular weight is 259 g/mol. The standard InChI is InChI=1S/C15H21N3O/c1-12(2)17-10-13-9-14(6-7-16-13)18(3)11-15-5-4-8-19-15/h4-9,12,17H,10-11H2,1-3H3. The summed E-state index contributed by atoms with van der Waals surface area (Å²) >= 11 is 0. The van der Waals surface area contributed by atoms with Crippen molar-refractivity contribution in [2.75, 3.05) is 11.9 Å². The van der Waals surface area contributed by atoms with Crippen LogP contribution in [0.1, 0.15) is 25.3 Å². The molecule has 0 radical (unpaired) electrons. The van der Waals surface area contributed by atoms with E-state index in [1.54, 1.807) is 6.26 Å². The fourth-order valence-electron chi connectivity index (χ4n) is 1.84. The van der Waals surface area contributed by atoms with Crippen LogP contribution in [0.5, 0.6) is 0 Å². The van der Waals surface area contributed by atoms with E-state index >= 15 is 0 Å². The predicted molar refractivity (Wildman–Crippen MR) is 77.0 cm³/mol. The normalized spacial score (nSPS) is 10.9. The first kappa shape index (κ1) is 13.6. The minimum Gasteiger partial charge on any atom is -0.467 e. The highest BCUT2D eigenvalue weighted by atomic mass is 16.3. The molecule has 4 heteroatoms. The van der Waals surface area contributed by atoms with Gasteiger partial charge in [-0.25, -0.2) is 0 Å². The van der Waals surface area contributed by atoms with Crippen LogP contribution in [0, 0.1) is 0 Å². The molecule has 2 rings (SSSR count). The van der Waals surface area contributed by atoms with E-state index in [0.29, 0.717) is 6.04 Å². The van der Waals surface area contributed by atoms with Gasteiger partial charge in [0, 0.05) is 31.5 Å². The average Bonchev–Trinajstić information content (AvgIpc) is 2.89. The van der Waals surface area contributed by atoms with E-state index < -0.39 is 0 Å². The molecule has 0 aliphatic rings. The number of nitrogens with zero attached hydrogens (tertiary/aromatic N) is 2. The second-order valence-corrected chi connectivity index (χ2v) is 4.98. The summed E-state index contributed by atoms with van der Waals surface area (Å²) in [5, 5.41) is 3.37. The van der Waals surface area contributed by atoms with Crippen LogP contribution in [0.3, 0.4) is 0 Å². The van der Waals surface area contributed by atoms with Gasteiger partial charge in [0.2, 0.25) is 0 Å². The summed E-state index contributed by atoms with van der Waals surface area (Å²) in [4.78, 5) is 6.53. The van der Waals surface area contributed by atoms with Gasteiger partial charge in [-0.15, -0.1) is 0 Å². The van der Waals surface area contributed by atoms with Gasteiger partial charge in [-0.1, -0.05) is 13.8 Å². The van der Waals surface area contributed by atoms with Crippen molar-refractivity contribution < 1.29 is 4.42 Å². The van der Waals surface area contributed by atoms with E-state index in [1.807, 2.05) is 24.4 Å². The SMILES string of the molecule is CC(C)NCc1cc(N(C)Cc2ccco2)ccn1. The first-order chi connectivity index (χ1) is 9.15. The molecular weight excluding hydrogens is 238 g/mol. The molecule has 1 N–H and O–H groups in total. The Bertz CT molecular complexity index is 494. The highest BCUT2D eigenvalue weighted by molar-refractivity contribution is 5.45. The van der Waals surface area contributed by atoms with E-state index in [2.05, 4.69) is 42.2 Å². The summed E-state index contributed by atoms with van der Waals surface area (Å²) in [5.74, 6) is 0.959. The maximum atomic E-state index is 5.37. The smallest absolute Gasteiger partial charge is 0.123 e. The maximum absolute atomic E-state index is 5.37. The van der Waals surface area contributed by atoms with Crippen LogP contribution in [0.2, 0.25) is 0 Å². The zero-order chi connectivity index (χ0) is 13.7. The van der Waals surface area contributed by atoms with E-state index in [9.17, 15) is 0 Å². The van der Waals surface area contributed by atoms with Gasteiger partial charge in [-0.2, -0.15) is 0 Å². The van der Waals surface area contributed by atoms with Crippen molar-refractivity contribution in [3.8, 4) is 0 Å². The van der Waals surface area contributed by atoms with Crippen molar-refractivity contribution in [1.82, 2.24) is 10.3 Å². The van der Waals surface area contributed by atoms with Crippen LogP contribution in [0.25, 0.3) is 0 Å². The molecule has 0 aliphatic heterocycles. The predicted octanol–water partition coefficient (Wildman–Crippen LogP) is 2.81. The van der Waals surface area contributed by atoms with Crippen LogP contribution < -0.4 is 10.2 Å². The lowest BCUT2D eigenvalue weighted by atomic mass is 10.2. The van der Waals surface area contributed by atoms with Crippen LogP contribution in [0.15, 0.2) is 41.1 Å². The van der Waals surface area contributed by atoms with E-state index in [1.165, 1.54) is 0 Å². The van der Waals surface area contributed by atoms with Gasteiger partial charge in [0.15, 0.2) is 0 Å². The Morgan fingerprint density at radius 1 is 1.37 bits per heavy atom. The highest BCUT2D eigenvalue weighted by Gasteiger charge is 2.05. The van der Waals surface area contributed by atoms with Gasteiger partial charge in [0.1, 0.15) is 5.76 Å². The molecule has 2 aromatic rings. The van der Waals surface area contributed by atoms with Crippen molar-refractivity contribution in [2.45, 2.75) is 33.0 Å². The first-order valence-corrected chi connectivity index (χ1v) is 6.57. The second kappa shape index (κ2) is 6.38. The molecule has 0 aromatic carbocycles. The van der Waals surface area contributed by atoms with Gasteiger partial charge in [-0.05, 0) is 24.3 Å². The van der Waals surface area contributed by atoms with E-state index in [4.69, 9.17) is 4.42 Å². The monoisotopic (exact) mass is 259 g/mol. The van der Waals surface area contributed by atoms with Crippen molar-refractivity contribution in [1.29, 1.82) is 0 Å². The van der Waals surface area contributed by atoms with Crippen LogP contribution >= 0.6 is 0 Å². The largest absolute Gasteiger partial charge is 0.467 e. The number of furan rings is 1. The third-order valence-electron chi connectivity index (χ3n) is 2.91. The summed E-state index contributed by atoms with van der Waals surface area (Å²) < 4.78 is 5.37. The van der Waals surface area contributed by atoms with Crippen LogP contribution in [0.4, 0.5) is 5.69 Å². The summed E-state index contributed by atoms with van der Waals surface area (Å²) in [6.45, 7) is 5.81. The van der Waals surface area contributed by atoms with Crippen molar-refractivity contribution in [3.63, 3.8) is 0 Å². The molecule has 0 atom stereocenters. The van der Waals surface area contributed by atoms with Gasteiger partial charge in [-0.3, -0.25) is 4.98 Å². The lowest BCUT2D eigenvalue weighted by Crippen LogP contribution is -2.23. The zero-order valence-electron chi connectivity index (χ0n) is 11.8. The number of nitrogens with one attached hydrogen (secondary N) is 1. The zero-order valence-corrected chi connectivity index (χ0v) is 11.8. The molecule has 4 nitrogen and oxygen atoms in total. The van der Waals surface area contributed by atoms with E-state index in [-0.39, 0.29) is 0 Å².